The normalized spacial score (nSPS) is 25.1. The number of rotatable bonds is 3. The highest BCUT2D eigenvalue weighted by Crippen LogP contribution is 2.37. The molecule has 0 heterocycles. The molecule has 0 aromatic rings. The zero-order valence-corrected chi connectivity index (χ0v) is 9.17. The summed E-state index contributed by atoms with van der Waals surface area (Å²) in [6.45, 7) is 5.74. The predicted octanol–water partition coefficient (Wildman–Crippen LogP) is 2.53. The Hall–Kier alpha value is -0.920. The predicted molar refractivity (Wildman–Crippen MR) is 56.0 cm³/mol. The Kier molecular flexibility index (Phi) is 3.25. The fourth-order valence-corrected chi connectivity index (χ4v) is 1.81. The maximum Gasteiger partial charge on any atom is 0.161 e. The van der Waals surface area contributed by atoms with Crippen LogP contribution in [0.1, 0.15) is 40.0 Å². The standard InChI is InChI=1S/C12H18O2/c1-4-10(13)8-9-6-5-7-11(14)12(9,2)3/h5,7,9H,4,6,8H2,1-3H3/t9-/m1/s1. The van der Waals surface area contributed by atoms with E-state index in [1.165, 1.54) is 0 Å². The lowest BCUT2D eigenvalue weighted by Crippen LogP contribution is -2.35. The highest BCUT2D eigenvalue weighted by Gasteiger charge is 2.37. The van der Waals surface area contributed by atoms with Crippen molar-refractivity contribution in [1.82, 2.24) is 0 Å². The summed E-state index contributed by atoms with van der Waals surface area (Å²) >= 11 is 0. The molecule has 1 rings (SSSR count). The molecule has 0 aliphatic heterocycles. The molecule has 2 heteroatoms. The fraction of sp³-hybridized carbons (Fsp3) is 0.667. The van der Waals surface area contributed by atoms with Gasteiger partial charge < -0.3 is 0 Å². The second-order valence-corrected chi connectivity index (χ2v) is 4.52. The molecule has 0 saturated heterocycles. The summed E-state index contributed by atoms with van der Waals surface area (Å²) in [5, 5.41) is 0. The first kappa shape index (κ1) is 11.2. The number of Topliss-reactive ketones (excluding diaryl/α,β-unsaturated/α-hetero) is 1. The van der Waals surface area contributed by atoms with E-state index in [1.807, 2.05) is 26.8 Å². The van der Waals surface area contributed by atoms with E-state index in [1.54, 1.807) is 6.08 Å². The van der Waals surface area contributed by atoms with E-state index in [4.69, 9.17) is 0 Å². The Labute approximate surface area is 85.4 Å². The van der Waals surface area contributed by atoms with Gasteiger partial charge in [-0.1, -0.05) is 26.8 Å². The van der Waals surface area contributed by atoms with Crippen molar-refractivity contribution >= 4 is 11.6 Å². The molecular weight excluding hydrogens is 176 g/mol. The Morgan fingerprint density at radius 3 is 2.79 bits per heavy atom. The van der Waals surface area contributed by atoms with Crippen molar-refractivity contribution in [3.05, 3.63) is 12.2 Å². The molecule has 0 N–H and O–H groups in total. The minimum absolute atomic E-state index is 0.151. The summed E-state index contributed by atoms with van der Waals surface area (Å²) in [6, 6.07) is 0. The lowest BCUT2D eigenvalue weighted by Gasteiger charge is -2.33. The van der Waals surface area contributed by atoms with Crippen LogP contribution in [0.2, 0.25) is 0 Å². The summed E-state index contributed by atoms with van der Waals surface area (Å²) in [5.41, 5.74) is -0.362. The van der Waals surface area contributed by atoms with Crippen molar-refractivity contribution in [1.29, 1.82) is 0 Å². The van der Waals surface area contributed by atoms with E-state index in [-0.39, 0.29) is 22.9 Å². The molecule has 0 amide bonds. The number of allylic oxidation sites excluding steroid dienone is 2. The van der Waals surface area contributed by atoms with Gasteiger partial charge in [0.2, 0.25) is 0 Å². The van der Waals surface area contributed by atoms with Crippen LogP contribution in [0.3, 0.4) is 0 Å². The quantitative estimate of drug-likeness (QED) is 0.691. The minimum Gasteiger partial charge on any atom is -0.300 e. The molecule has 0 unspecified atom stereocenters. The Balaban J connectivity index is 2.74. The van der Waals surface area contributed by atoms with Crippen LogP contribution in [0.25, 0.3) is 0 Å². The first-order valence-corrected chi connectivity index (χ1v) is 5.21. The van der Waals surface area contributed by atoms with Crippen LogP contribution in [-0.2, 0) is 9.59 Å². The second kappa shape index (κ2) is 4.07. The van der Waals surface area contributed by atoms with E-state index in [0.29, 0.717) is 12.8 Å². The first-order valence-electron chi connectivity index (χ1n) is 5.21. The van der Waals surface area contributed by atoms with Gasteiger partial charge in [-0.25, -0.2) is 0 Å². The number of carbonyl (C=O) groups is 2. The van der Waals surface area contributed by atoms with E-state index < -0.39 is 0 Å². The molecule has 1 aliphatic carbocycles. The molecular formula is C12H18O2. The lowest BCUT2D eigenvalue weighted by molar-refractivity contribution is -0.127. The van der Waals surface area contributed by atoms with Crippen molar-refractivity contribution in [3.8, 4) is 0 Å². The van der Waals surface area contributed by atoms with Gasteiger partial charge in [0.25, 0.3) is 0 Å². The van der Waals surface area contributed by atoms with E-state index >= 15 is 0 Å². The molecule has 0 aromatic carbocycles. The second-order valence-electron chi connectivity index (χ2n) is 4.52. The summed E-state index contributed by atoms with van der Waals surface area (Å²) < 4.78 is 0. The molecule has 0 radical (unpaired) electrons. The molecule has 1 aliphatic rings. The third-order valence-electron chi connectivity index (χ3n) is 3.21. The van der Waals surface area contributed by atoms with E-state index in [0.717, 1.165) is 6.42 Å². The number of hydrogen-bond acceptors (Lipinski definition) is 2. The molecule has 1 atom stereocenters. The van der Waals surface area contributed by atoms with Gasteiger partial charge in [-0.15, -0.1) is 0 Å². The van der Waals surface area contributed by atoms with Crippen molar-refractivity contribution in [2.45, 2.75) is 40.0 Å². The molecule has 0 bridgehead atoms. The van der Waals surface area contributed by atoms with Gasteiger partial charge in [-0.05, 0) is 18.4 Å². The summed E-state index contributed by atoms with van der Waals surface area (Å²) in [6.07, 6.45) is 5.50. The van der Waals surface area contributed by atoms with Crippen LogP contribution in [0.15, 0.2) is 12.2 Å². The van der Waals surface area contributed by atoms with Crippen LogP contribution in [0.4, 0.5) is 0 Å². The van der Waals surface area contributed by atoms with Crippen LogP contribution in [0.5, 0.6) is 0 Å². The van der Waals surface area contributed by atoms with Gasteiger partial charge in [0, 0.05) is 18.3 Å². The molecule has 14 heavy (non-hydrogen) atoms. The molecule has 2 nitrogen and oxygen atoms in total. The van der Waals surface area contributed by atoms with Crippen molar-refractivity contribution in [2.75, 3.05) is 0 Å². The van der Waals surface area contributed by atoms with Crippen LogP contribution in [0, 0.1) is 11.3 Å². The van der Waals surface area contributed by atoms with Crippen LogP contribution in [-0.4, -0.2) is 11.6 Å². The van der Waals surface area contributed by atoms with E-state index in [2.05, 4.69) is 0 Å². The maximum absolute atomic E-state index is 11.6. The molecule has 0 saturated carbocycles. The third kappa shape index (κ3) is 2.11. The molecule has 0 fully saturated rings. The van der Waals surface area contributed by atoms with Gasteiger partial charge in [-0.2, -0.15) is 0 Å². The number of carbonyl (C=O) groups excluding carboxylic acids is 2. The number of ketones is 2. The average Bonchev–Trinajstić information content (AvgIpc) is 2.13. The Bertz CT molecular complexity index is 274. The van der Waals surface area contributed by atoms with Crippen molar-refractivity contribution in [2.24, 2.45) is 11.3 Å². The highest BCUT2D eigenvalue weighted by molar-refractivity contribution is 5.95. The topological polar surface area (TPSA) is 34.1 Å². The lowest BCUT2D eigenvalue weighted by atomic mass is 9.69. The fourth-order valence-electron chi connectivity index (χ4n) is 1.81. The number of hydrogen-bond donors (Lipinski definition) is 0. The molecule has 0 spiro atoms. The smallest absolute Gasteiger partial charge is 0.161 e. The van der Waals surface area contributed by atoms with Crippen LogP contribution < -0.4 is 0 Å². The zero-order valence-electron chi connectivity index (χ0n) is 9.17. The summed E-state index contributed by atoms with van der Waals surface area (Å²) in [5.74, 6) is 0.594. The van der Waals surface area contributed by atoms with Gasteiger partial charge in [0.15, 0.2) is 5.78 Å². The van der Waals surface area contributed by atoms with Crippen molar-refractivity contribution < 1.29 is 9.59 Å². The minimum atomic E-state index is -0.362. The summed E-state index contributed by atoms with van der Waals surface area (Å²) in [7, 11) is 0. The highest BCUT2D eigenvalue weighted by atomic mass is 16.1. The Morgan fingerprint density at radius 2 is 2.21 bits per heavy atom. The molecule has 78 valence electrons. The third-order valence-corrected chi connectivity index (χ3v) is 3.21. The first-order chi connectivity index (χ1) is 6.48. The SMILES string of the molecule is CCC(=O)C[C@H]1CC=CC(=O)C1(C)C. The summed E-state index contributed by atoms with van der Waals surface area (Å²) in [4.78, 5) is 22.9. The van der Waals surface area contributed by atoms with Gasteiger partial charge >= 0.3 is 0 Å². The maximum atomic E-state index is 11.6. The largest absolute Gasteiger partial charge is 0.300 e. The Morgan fingerprint density at radius 1 is 1.57 bits per heavy atom. The monoisotopic (exact) mass is 194 g/mol. The average molecular weight is 194 g/mol. The van der Waals surface area contributed by atoms with Gasteiger partial charge in [-0.3, -0.25) is 9.59 Å². The van der Waals surface area contributed by atoms with E-state index in [9.17, 15) is 9.59 Å². The van der Waals surface area contributed by atoms with Crippen LogP contribution >= 0.6 is 0 Å². The zero-order chi connectivity index (χ0) is 10.8. The molecule has 0 aromatic heterocycles. The van der Waals surface area contributed by atoms with Gasteiger partial charge in [0.1, 0.15) is 5.78 Å². The van der Waals surface area contributed by atoms with Crippen molar-refractivity contribution in [3.63, 3.8) is 0 Å². The van der Waals surface area contributed by atoms with Gasteiger partial charge in [0.05, 0.1) is 0 Å².